The summed E-state index contributed by atoms with van der Waals surface area (Å²) in [7, 11) is 0. The molecular weight excluding hydrogens is 274 g/mol. The Bertz CT molecular complexity index is 465. The van der Waals surface area contributed by atoms with Crippen molar-refractivity contribution in [3.8, 4) is 0 Å². The Balaban J connectivity index is 2.81. The van der Waals surface area contributed by atoms with Gasteiger partial charge in [0.1, 0.15) is 0 Å². The summed E-state index contributed by atoms with van der Waals surface area (Å²) < 4.78 is 6.94. The number of hydrogen-bond donors (Lipinski definition) is 0. The van der Waals surface area contributed by atoms with Gasteiger partial charge in [0, 0.05) is 22.3 Å². The molecule has 0 bridgehead atoms. The molecule has 0 aliphatic rings. The largest absolute Gasteiger partial charge is 0.463 e. The molecule has 86 valence electrons. The van der Waals surface area contributed by atoms with E-state index in [1.54, 1.807) is 19.2 Å². The van der Waals surface area contributed by atoms with Gasteiger partial charge in [-0.05, 0) is 28.9 Å². The predicted molar refractivity (Wildman–Crippen MR) is 64.2 cm³/mol. The van der Waals surface area contributed by atoms with Crippen molar-refractivity contribution in [2.75, 3.05) is 6.61 Å². The zero-order chi connectivity index (χ0) is 12.1. The maximum Gasteiger partial charge on any atom is 0.335 e. The van der Waals surface area contributed by atoms with Crippen LogP contribution in [0, 0.1) is 0 Å². The van der Waals surface area contributed by atoms with Gasteiger partial charge >= 0.3 is 5.97 Å². The van der Waals surface area contributed by atoms with E-state index in [2.05, 4.69) is 22.5 Å². The quantitative estimate of drug-likeness (QED) is 0.625. The molecule has 0 saturated heterocycles. The van der Waals surface area contributed by atoms with Crippen LogP contribution in [0.4, 0.5) is 0 Å². The Morgan fingerprint density at radius 3 is 2.88 bits per heavy atom. The van der Waals surface area contributed by atoms with Crippen LogP contribution in [0.25, 0.3) is 0 Å². The van der Waals surface area contributed by atoms with Crippen molar-refractivity contribution >= 4 is 21.9 Å². The molecule has 0 aliphatic heterocycles. The normalized spacial score (nSPS) is 9.88. The van der Waals surface area contributed by atoms with Crippen molar-refractivity contribution in [1.82, 2.24) is 4.57 Å². The lowest BCUT2D eigenvalue weighted by molar-refractivity contribution is -0.138. The summed E-state index contributed by atoms with van der Waals surface area (Å²) in [4.78, 5) is 22.7. The van der Waals surface area contributed by atoms with Crippen LogP contribution in [0.2, 0.25) is 0 Å². The van der Waals surface area contributed by atoms with E-state index in [-0.39, 0.29) is 17.7 Å². The van der Waals surface area contributed by atoms with Crippen LogP contribution in [-0.4, -0.2) is 17.1 Å². The van der Waals surface area contributed by atoms with Gasteiger partial charge < -0.3 is 9.30 Å². The molecule has 0 saturated carbocycles. The second-order valence-corrected chi connectivity index (χ2v) is 4.05. The SMILES string of the molecule is C=C(Cn1cc(Br)ccc1=O)C(=O)OCC. The highest BCUT2D eigenvalue weighted by Crippen LogP contribution is 2.06. The van der Waals surface area contributed by atoms with E-state index >= 15 is 0 Å². The summed E-state index contributed by atoms with van der Waals surface area (Å²) in [6.07, 6.45) is 1.60. The van der Waals surface area contributed by atoms with Crippen molar-refractivity contribution in [1.29, 1.82) is 0 Å². The minimum atomic E-state index is -0.477. The highest BCUT2D eigenvalue weighted by atomic mass is 79.9. The van der Waals surface area contributed by atoms with Gasteiger partial charge in [0.25, 0.3) is 5.56 Å². The van der Waals surface area contributed by atoms with Crippen LogP contribution >= 0.6 is 15.9 Å². The third-order valence-corrected chi connectivity index (χ3v) is 2.34. The fourth-order valence-corrected chi connectivity index (χ4v) is 1.51. The third kappa shape index (κ3) is 3.34. The van der Waals surface area contributed by atoms with Gasteiger partial charge in [-0.15, -0.1) is 0 Å². The minimum Gasteiger partial charge on any atom is -0.463 e. The molecule has 16 heavy (non-hydrogen) atoms. The molecule has 0 aliphatic carbocycles. The molecule has 1 heterocycles. The fourth-order valence-electron chi connectivity index (χ4n) is 1.13. The first-order chi connectivity index (χ1) is 7.54. The van der Waals surface area contributed by atoms with Crippen LogP contribution in [-0.2, 0) is 16.1 Å². The van der Waals surface area contributed by atoms with E-state index in [0.717, 1.165) is 4.47 Å². The van der Waals surface area contributed by atoms with Crippen molar-refractivity contribution in [3.63, 3.8) is 0 Å². The first-order valence-electron chi connectivity index (χ1n) is 4.75. The number of aromatic nitrogens is 1. The van der Waals surface area contributed by atoms with E-state index in [1.165, 1.54) is 10.6 Å². The standard InChI is InChI=1S/C11H12BrNO3/c1-3-16-11(15)8(2)6-13-7-9(12)4-5-10(13)14/h4-5,7H,2-3,6H2,1H3. The first kappa shape index (κ1) is 12.7. The van der Waals surface area contributed by atoms with Gasteiger partial charge in [-0.25, -0.2) is 4.79 Å². The predicted octanol–water partition coefficient (Wildman–Crippen LogP) is 1.73. The number of halogens is 1. The molecule has 0 amide bonds. The van der Waals surface area contributed by atoms with Crippen LogP contribution in [0.15, 0.2) is 39.7 Å². The van der Waals surface area contributed by atoms with E-state index in [0.29, 0.717) is 6.61 Å². The number of esters is 1. The van der Waals surface area contributed by atoms with Crippen molar-refractivity contribution in [2.24, 2.45) is 0 Å². The lowest BCUT2D eigenvalue weighted by Gasteiger charge is -2.07. The number of carbonyl (C=O) groups is 1. The maximum atomic E-state index is 11.4. The summed E-state index contributed by atoms with van der Waals surface area (Å²) in [5.41, 5.74) is 0.0655. The van der Waals surface area contributed by atoms with Gasteiger partial charge in [-0.1, -0.05) is 6.58 Å². The maximum absolute atomic E-state index is 11.4. The number of pyridine rings is 1. The molecule has 5 heteroatoms. The molecule has 0 N–H and O–H groups in total. The van der Waals surface area contributed by atoms with Crippen LogP contribution in [0.1, 0.15) is 6.92 Å². The van der Waals surface area contributed by atoms with Crippen molar-refractivity contribution < 1.29 is 9.53 Å². The average molecular weight is 286 g/mol. The molecule has 1 aromatic rings. The Hall–Kier alpha value is -1.36. The lowest BCUT2D eigenvalue weighted by atomic mass is 10.3. The molecular formula is C11H12BrNO3. The van der Waals surface area contributed by atoms with Gasteiger partial charge in [-0.2, -0.15) is 0 Å². The van der Waals surface area contributed by atoms with Gasteiger partial charge in [0.15, 0.2) is 0 Å². The molecule has 0 spiro atoms. The Morgan fingerprint density at radius 1 is 1.56 bits per heavy atom. The van der Waals surface area contributed by atoms with E-state index in [9.17, 15) is 9.59 Å². The molecule has 0 radical (unpaired) electrons. The van der Waals surface area contributed by atoms with E-state index in [1.807, 2.05) is 0 Å². The molecule has 0 unspecified atom stereocenters. The summed E-state index contributed by atoms with van der Waals surface area (Å²) in [5, 5.41) is 0. The van der Waals surface area contributed by atoms with Gasteiger partial charge in [0.05, 0.1) is 13.2 Å². The minimum absolute atomic E-state index is 0.136. The lowest BCUT2D eigenvalue weighted by Crippen LogP contribution is -2.22. The van der Waals surface area contributed by atoms with Gasteiger partial charge in [0.2, 0.25) is 0 Å². The summed E-state index contributed by atoms with van der Waals surface area (Å²) in [6, 6.07) is 3.06. The molecule has 1 rings (SSSR count). The zero-order valence-electron chi connectivity index (χ0n) is 8.90. The average Bonchev–Trinajstić information content (AvgIpc) is 2.23. The highest BCUT2D eigenvalue weighted by molar-refractivity contribution is 9.10. The molecule has 0 atom stereocenters. The van der Waals surface area contributed by atoms with Crippen molar-refractivity contribution in [3.05, 3.63) is 45.3 Å². The van der Waals surface area contributed by atoms with Crippen LogP contribution in [0.3, 0.4) is 0 Å². The summed E-state index contributed by atoms with van der Waals surface area (Å²) in [6.45, 7) is 5.74. The second kappa shape index (κ2) is 5.65. The van der Waals surface area contributed by atoms with Crippen LogP contribution < -0.4 is 5.56 Å². The molecule has 0 fully saturated rings. The first-order valence-corrected chi connectivity index (χ1v) is 5.54. The second-order valence-electron chi connectivity index (χ2n) is 3.14. The smallest absolute Gasteiger partial charge is 0.335 e. The number of rotatable bonds is 4. The third-order valence-electron chi connectivity index (χ3n) is 1.87. The van der Waals surface area contributed by atoms with Crippen LogP contribution in [0.5, 0.6) is 0 Å². The number of carbonyl (C=O) groups excluding carboxylic acids is 1. The zero-order valence-corrected chi connectivity index (χ0v) is 10.5. The van der Waals surface area contributed by atoms with E-state index in [4.69, 9.17) is 4.74 Å². The highest BCUT2D eigenvalue weighted by Gasteiger charge is 2.09. The topological polar surface area (TPSA) is 48.3 Å². The number of ether oxygens (including phenoxy) is 1. The Labute approximate surface area is 102 Å². The van der Waals surface area contributed by atoms with E-state index < -0.39 is 5.97 Å². The van der Waals surface area contributed by atoms with Gasteiger partial charge in [-0.3, -0.25) is 4.79 Å². The molecule has 1 aromatic heterocycles. The number of hydrogen-bond acceptors (Lipinski definition) is 3. The molecule has 4 nitrogen and oxygen atoms in total. The summed E-state index contributed by atoms with van der Waals surface area (Å²) in [5.74, 6) is -0.477. The monoisotopic (exact) mass is 285 g/mol. The fraction of sp³-hybridized carbons (Fsp3) is 0.273. The Kier molecular flexibility index (Phi) is 4.49. The molecule has 0 aromatic carbocycles. The van der Waals surface area contributed by atoms with Crippen molar-refractivity contribution in [2.45, 2.75) is 13.5 Å². The Morgan fingerprint density at radius 2 is 2.25 bits per heavy atom. The summed E-state index contributed by atoms with van der Waals surface area (Å²) >= 11 is 3.25. The number of nitrogens with zero attached hydrogens (tertiary/aromatic N) is 1.